The van der Waals surface area contributed by atoms with Crippen molar-refractivity contribution in [1.82, 2.24) is 19.9 Å². The summed E-state index contributed by atoms with van der Waals surface area (Å²) in [7, 11) is 0. The molecule has 6 heteroatoms. The number of hydrogen-bond acceptors (Lipinski definition) is 6. The first-order chi connectivity index (χ1) is 55.5. The van der Waals surface area contributed by atoms with E-state index in [0.29, 0.717) is 11.6 Å². The maximum absolute atomic E-state index is 6.60. The second kappa shape index (κ2) is 29.8. The third kappa shape index (κ3) is 12.6. The summed E-state index contributed by atoms with van der Waals surface area (Å²) in [6.07, 6.45) is 0. The number of fused-ring (bicyclic) bond motifs is 4. The van der Waals surface area contributed by atoms with E-state index in [1.807, 2.05) is 72.8 Å². The minimum Gasteiger partial charge on any atom is -0.457 e. The molecule has 0 amide bonds. The molecule has 0 atom stereocenters. The molecule has 0 bridgehead atoms. The highest BCUT2D eigenvalue weighted by atomic mass is 16.5. The summed E-state index contributed by atoms with van der Waals surface area (Å²) in [5, 5.41) is 0. The predicted octanol–water partition coefficient (Wildman–Crippen LogP) is 26.6. The zero-order valence-corrected chi connectivity index (χ0v) is 61.2. The minimum absolute atomic E-state index is 0.598. The van der Waals surface area contributed by atoms with Crippen LogP contribution in [0.25, 0.3) is 112 Å². The molecule has 2 aliphatic heterocycles. The van der Waals surface area contributed by atoms with Crippen LogP contribution in [-0.4, -0.2) is 19.9 Å². The van der Waals surface area contributed by atoms with E-state index < -0.39 is 10.8 Å². The van der Waals surface area contributed by atoms with Gasteiger partial charge in [-0.3, -0.25) is 0 Å². The van der Waals surface area contributed by atoms with Gasteiger partial charge in [0.1, 0.15) is 23.0 Å². The van der Waals surface area contributed by atoms with Crippen molar-refractivity contribution in [2.24, 2.45) is 0 Å². The van der Waals surface area contributed by atoms with Gasteiger partial charge >= 0.3 is 0 Å². The molecule has 0 spiro atoms. The average Bonchev–Trinajstić information content (AvgIpc) is 0.707. The minimum atomic E-state index is -0.626. The first kappa shape index (κ1) is 67.9. The van der Waals surface area contributed by atoms with E-state index in [9.17, 15) is 0 Å². The lowest BCUT2D eigenvalue weighted by molar-refractivity contribution is 0.434. The summed E-state index contributed by atoms with van der Waals surface area (Å²) in [5.41, 5.74) is 27.0. The number of rotatable bonds is 14. The second-order valence-electron chi connectivity index (χ2n) is 28.2. The zero-order valence-electron chi connectivity index (χ0n) is 61.2. The fourth-order valence-corrected chi connectivity index (χ4v) is 16.5. The summed E-state index contributed by atoms with van der Waals surface area (Å²) in [5.74, 6) is 4.90. The van der Waals surface area contributed by atoms with Gasteiger partial charge in [0.15, 0.2) is 11.6 Å². The van der Waals surface area contributed by atoms with Crippen molar-refractivity contribution in [2.45, 2.75) is 10.8 Å². The van der Waals surface area contributed by atoms with E-state index in [0.717, 1.165) is 140 Å². The summed E-state index contributed by atoms with van der Waals surface area (Å²) < 4.78 is 13.2. The molecular formula is C106H72N4O2. The maximum Gasteiger partial charge on any atom is 0.160 e. The number of ether oxygens (including phenoxy) is 2. The maximum atomic E-state index is 6.60. The lowest BCUT2D eigenvalue weighted by atomic mass is 9.62. The first-order valence-corrected chi connectivity index (χ1v) is 38.0. The largest absolute Gasteiger partial charge is 0.457 e. The van der Waals surface area contributed by atoms with Crippen LogP contribution in [0.3, 0.4) is 0 Å². The van der Waals surface area contributed by atoms with Crippen LogP contribution in [0.4, 0.5) is 0 Å². The Bertz CT molecular complexity index is 6210. The number of benzene rings is 16. The van der Waals surface area contributed by atoms with E-state index in [2.05, 4.69) is 364 Å². The molecule has 0 radical (unpaired) electrons. The van der Waals surface area contributed by atoms with Crippen molar-refractivity contribution in [3.05, 3.63) is 481 Å². The van der Waals surface area contributed by atoms with Gasteiger partial charge in [0.2, 0.25) is 0 Å². The Morgan fingerprint density at radius 1 is 0.161 bits per heavy atom. The fraction of sp³-hybridized carbons (Fsp3) is 0.0189. The Morgan fingerprint density at radius 3 is 0.795 bits per heavy atom. The smallest absolute Gasteiger partial charge is 0.160 e. The van der Waals surface area contributed by atoms with Crippen molar-refractivity contribution in [3.63, 3.8) is 0 Å². The molecule has 2 aliphatic rings. The molecule has 0 fully saturated rings. The van der Waals surface area contributed by atoms with E-state index in [1.165, 1.54) is 27.8 Å². The zero-order chi connectivity index (χ0) is 74.6. The first-order valence-electron chi connectivity index (χ1n) is 38.0. The van der Waals surface area contributed by atoms with Crippen LogP contribution in [0.1, 0.15) is 44.5 Å². The Balaban J connectivity index is 0.000000151. The van der Waals surface area contributed by atoms with Crippen LogP contribution in [0, 0.1) is 0 Å². The lowest BCUT2D eigenvalue weighted by Gasteiger charge is -2.42. The van der Waals surface area contributed by atoms with Crippen molar-refractivity contribution in [3.8, 4) is 135 Å². The van der Waals surface area contributed by atoms with Gasteiger partial charge in [0, 0.05) is 55.6 Å². The quantitative estimate of drug-likeness (QED) is 0.108. The molecule has 4 heterocycles. The molecule has 2 aromatic heterocycles. The molecule has 0 saturated heterocycles. The summed E-state index contributed by atoms with van der Waals surface area (Å²) in [6.45, 7) is 0. The number of hydrogen-bond donors (Lipinski definition) is 0. The molecule has 6 nitrogen and oxygen atoms in total. The topological polar surface area (TPSA) is 70.0 Å². The molecule has 528 valence electrons. The number of nitrogens with zero attached hydrogens (tertiary/aromatic N) is 4. The molecule has 0 unspecified atom stereocenters. The Morgan fingerprint density at radius 2 is 0.411 bits per heavy atom. The summed E-state index contributed by atoms with van der Waals surface area (Å²) in [6, 6.07) is 154. The van der Waals surface area contributed by atoms with E-state index >= 15 is 0 Å². The van der Waals surface area contributed by atoms with Crippen molar-refractivity contribution >= 4 is 0 Å². The van der Waals surface area contributed by atoms with Crippen LogP contribution < -0.4 is 9.47 Å². The number of aromatic nitrogens is 4. The molecular weight excluding hydrogens is 1360 g/mol. The molecule has 0 aliphatic carbocycles. The van der Waals surface area contributed by atoms with Crippen LogP contribution in [0.15, 0.2) is 437 Å². The van der Waals surface area contributed by atoms with E-state index in [1.54, 1.807) is 0 Å². The van der Waals surface area contributed by atoms with Gasteiger partial charge in [-0.25, -0.2) is 19.9 Å². The van der Waals surface area contributed by atoms with Crippen molar-refractivity contribution in [2.75, 3.05) is 0 Å². The van der Waals surface area contributed by atoms with Gasteiger partial charge in [-0.05, 0) is 115 Å². The molecule has 20 rings (SSSR count). The fourth-order valence-electron chi connectivity index (χ4n) is 16.5. The highest BCUT2D eigenvalue weighted by molar-refractivity contribution is 5.85. The molecule has 0 saturated carbocycles. The highest BCUT2D eigenvalue weighted by Gasteiger charge is 2.48. The van der Waals surface area contributed by atoms with Gasteiger partial charge < -0.3 is 9.47 Å². The van der Waals surface area contributed by atoms with E-state index in [-0.39, 0.29) is 0 Å². The lowest BCUT2D eigenvalue weighted by Crippen LogP contribution is -2.34. The van der Waals surface area contributed by atoms with Crippen LogP contribution in [0.5, 0.6) is 23.0 Å². The third-order valence-electron chi connectivity index (χ3n) is 21.7. The normalized spacial score (nSPS) is 12.6. The molecule has 0 N–H and O–H groups in total. The standard InChI is InChI=1S/2C53H36N2O/c1-4-18-37(19-5-1)48-36-49(55-52(54-48)38-20-6-2-7-21-38)42-25-17-23-40(35-42)39-22-16-24-41(34-39)44-28-10-11-29-45(44)53(43-26-8-3-9-27-43)46-30-12-14-32-50(46)56-51-33-15-13-31-47(51)53;1-4-16-40(17-5-1)48-36-49(55-52(54-48)42-18-6-2-7-19-42)41-34-30-38(31-35-41)37-28-32-39(33-29-37)44-22-10-11-23-45(44)53(43-20-8-3-9-21-43)46-24-12-14-26-50(46)56-51-27-15-13-25-47(51)53/h2*1-36H. The summed E-state index contributed by atoms with van der Waals surface area (Å²) in [4.78, 5) is 20.1. The van der Waals surface area contributed by atoms with Crippen LogP contribution in [-0.2, 0) is 10.8 Å². The van der Waals surface area contributed by atoms with Gasteiger partial charge in [-0.15, -0.1) is 0 Å². The second-order valence-corrected chi connectivity index (χ2v) is 28.2. The Hall–Kier alpha value is -14.7. The predicted molar refractivity (Wildman–Crippen MR) is 455 cm³/mol. The number of para-hydroxylation sites is 4. The summed E-state index contributed by atoms with van der Waals surface area (Å²) >= 11 is 0. The molecule has 18 aromatic rings. The Labute approximate surface area is 652 Å². The Kier molecular flexibility index (Phi) is 18.1. The van der Waals surface area contributed by atoms with Gasteiger partial charge in [-0.2, -0.15) is 0 Å². The van der Waals surface area contributed by atoms with Gasteiger partial charge in [0.05, 0.1) is 33.6 Å². The highest BCUT2D eigenvalue weighted by Crippen LogP contribution is 2.59. The van der Waals surface area contributed by atoms with Crippen LogP contribution in [0.2, 0.25) is 0 Å². The van der Waals surface area contributed by atoms with Crippen molar-refractivity contribution in [1.29, 1.82) is 0 Å². The average molecular weight is 1430 g/mol. The van der Waals surface area contributed by atoms with Gasteiger partial charge in [-0.1, -0.05) is 388 Å². The monoisotopic (exact) mass is 1430 g/mol. The molecule has 112 heavy (non-hydrogen) atoms. The van der Waals surface area contributed by atoms with E-state index in [4.69, 9.17) is 29.4 Å². The third-order valence-corrected chi connectivity index (χ3v) is 21.7. The van der Waals surface area contributed by atoms with Crippen molar-refractivity contribution < 1.29 is 9.47 Å². The van der Waals surface area contributed by atoms with Crippen LogP contribution >= 0.6 is 0 Å². The molecule has 16 aromatic carbocycles. The van der Waals surface area contributed by atoms with Gasteiger partial charge in [0.25, 0.3) is 0 Å². The SMILES string of the molecule is c1ccc(-c2cc(-c3ccc(-c4ccc(-c5ccccc5C5(c6ccccc6)c6ccccc6Oc6ccccc65)cc4)cc3)nc(-c3ccccc3)n2)cc1.c1ccc(-c2cc(-c3cccc(-c4cccc(-c5ccccc5C5(c6ccccc6)c6ccccc6Oc6ccccc65)c4)c3)nc(-c3ccccc3)n2)cc1.